The third kappa shape index (κ3) is 5.34. The van der Waals surface area contributed by atoms with E-state index in [0.717, 1.165) is 23.2 Å². The van der Waals surface area contributed by atoms with Crippen LogP contribution in [-0.4, -0.2) is 30.3 Å². The van der Waals surface area contributed by atoms with Crippen molar-refractivity contribution in [1.29, 1.82) is 0 Å². The van der Waals surface area contributed by atoms with Crippen molar-refractivity contribution >= 4 is 5.97 Å². The highest BCUT2D eigenvalue weighted by molar-refractivity contribution is 5.77. The Hall–Kier alpha value is -3.90. The van der Waals surface area contributed by atoms with Crippen LogP contribution in [0.3, 0.4) is 0 Å². The van der Waals surface area contributed by atoms with E-state index in [-0.39, 0.29) is 18.0 Å². The molecular formula is C30H29NO5. The normalized spacial score (nSPS) is 18.0. The summed E-state index contributed by atoms with van der Waals surface area (Å²) in [5, 5.41) is 0. The van der Waals surface area contributed by atoms with Crippen molar-refractivity contribution in [3.63, 3.8) is 0 Å². The van der Waals surface area contributed by atoms with Gasteiger partial charge in [-0.05, 0) is 25.5 Å². The molecule has 1 saturated heterocycles. The number of esters is 1. The van der Waals surface area contributed by atoms with Crippen LogP contribution in [0.4, 0.5) is 0 Å². The molecule has 5 rings (SSSR count). The van der Waals surface area contributed by atoms with Crippen LogP contribution >= 0.6 is 0 Å². The first-order valence-corrected chi connectivity index (χ1v) is 12.3. The largest absolute Gasteiger partial charge is 0.479 e. The van der Waals surface area contributed by atoms with Crippen molar-refractivity contribution in [3.8, 4) is 28.3 Å². The highest BCUT2D eigenvalue weighted by atomic mass is 16.6. The van der Waals surface area contributed by atoms with Crippen LogP contribution in [0.15, 0.2) is 95.4 Å². The number of hydrogen-bond donors (Lipinski definition) is 0. The lowest BCUT2D eigenvalue weighted by Gasteiger charge is -2.22. The molecule has 1 fully saturated rings. The third-order valence-electron chi connectivity index (χ3n) is 6.27. The maximum absolute atomic E-state index is 12.8. The number of para-hydroxylation sites is 1. The molecule has 6 nitrogen and oxygen atoms in total. The predicted molar refractivity (Wildman–Crippen MR) is 136 cm³/mol. The lowest BCUT2D eigenvalue weighted by molar-refractivity contribution is -0.152. The first-order valence-electron chi connectivity index (χ1n) is 12.3. The second-order valence-corrected chi connectivity index (χ2v) is 8.71. The van der Waals surface area contributed by atoms with Gasteiger partial charge >= 0.3 is 5.97 Å². The van der Waals surface area contributed by atoms with Gasteiger partial charge in [-0.25, -0.2) is 9.78 Å². The van der Waals surface area contributed by atoms with E-state index < -0.39 is 6.10 Å². The van der Waals surface area contributed by atoms with Gasteiger partial charge in [-0.3, -0.25) is 0 Å². The molecule has 6 heteroatoms. The van der Waals surface area contributed by atoms with Gasteiger partial charge in [0.05, 0.1) is 6.61 Å². The number of ether oxygens (including phenoxy) is 3. The van der Waals surface area contributed by atoms with Gasteiger partial charge in [0, 0.05) is 30.1 Å². The maximum atomic E-state index is 12.8. The van der Waals surface area contributed by atoms with E-state index in [2.05, 4.69) is 0 Å². The third-order valence-corrected chi connectivity index (χ3v) is 6.27. The number of benzene rings is 3. The average Bonchev–Trinajstić information content (AvgIpc) is 3.57. The summed E-state index contributed by atoms with van der Waals surface area (Å²) >= 11 is 0. The summed E-state index contributed by atoms with van der Waals surface area (Å²) in [4.78, 5) is 17.7. The van der Waals surface area contributed by atoms with Gasteiger partial charge in [-0.15, -0.1) is 0 Å². The monoisotopic (exact) mass is 483 g/mol. The number of oxazole rings is 1. The molecule has 0 N–H and O–H groups in total. The van der Waals surface area contributed by atoms with E-state index in [1.54, 1.807) is 6.92 Å². The molecule has 1 aromatic heterocycles. The summed E-state index contributed by atoms with van der Waals surface area (Å²) in [6.45, 7) is 2.64. The van der Waals surface area contributed by atoms with Crippen molar-refractivity contribution in [3.05, 3.63) is 96.9 Å². The quantitative estimate of drug-likeness (QED) is 0.254. The number of carbonyl (C=O) groups excluding carboxylic acids is 1. The smallest absolute Gasteiger partial charge is 0.347 e. The summed E-state index contributed by atoms with van der Waals surface area (Å²) in [6, 6.07) is 29.3. The van der Waals surface area contributed by atoms with Crippen molar-refractivity contribution in [2.24, 2.45) is 5.92 Å². The molecular weight excluding hydrogens is 454 g/mol. The van der Waals surface area contributed by atoms with Crippen LogP contribution in [0.5, 0.6) is 5.75 Å². The Morgan fingerprint density at radius 1 is 0.944 bits per heavy atom. The van der Waals surface area contributed by atoms with Crippen molar-refractivity contribution < 1.29 is 23.4 Å². The molecule has 3 atom stereocenters. The fraction of sp³-hybridized carbons (Fsp3) is 0.267. The fourth-order valence-electron chi connectivity index (χ4n) is 4.55. The molecule has 1 aliphatic rings. The number of nitrogens with zero attached hydrogens (tertiary/aromatic N) is 1. The van der Waals surface area contributed by atoms with Gasteiger partial charge in [-0.1, -0.05) is 78.9 Å². The molecule has 36 heavy (non-hydrogen) atoms. The molecule has 2 unspecified atom stereocenters. The van der Waals surface area contributed by atoms with E-state index >= 15 is 0 Å². The lowest BCUT2D eigenvalue weighted by Crippen LogP contribution is -2.32. The first-order chi connectivity index (χ1) is 17.7. The van der Waals surface area contributed by atoms with Crippen molar-refractivity contribution in [2.75, 3.05) is 13.2 Å². The number of rotatable bonds is 9. The van der Waals surface area contributed by atoms with Crippen molar-refractivity contribution in [2.45, 2.75) is 32.0 Å². The van der Waals surface area contributed by atoms with Gasteiger partial charge < -0.3 is 18.6 Å². The van der Waals surface area contributed by atoms with Gasteiger partial charge in [0.25, 0.3) is 0 Å². The maximum Gasteiger partial charge on any atom is 0.347 e. The van der Waals surface area contributed by atoms with E-state index in [0.29, 0.717) is 37.0 Å². The lowest BCUT2D eigenvalue weighted by atomic mass is 9.94. The minimum atomic E-state index is -0.751. The van der Waals surface area contributed by atoms with E-state index in [4.69, 9.17) is 23.6 Å². The van der Waals surface area contributed by atoms with Gasteiger partial charge in [0.1, 0.15) is 17.5 Å². The Labute approximate surface area is 210 Å². The molecule has 0 radical (unpaired) electrons. The highest BCUT2D eigenvalue weighted by Crippen LogP contribution is 2.42. The van der Waals surface area contributed by atoms with Crippen LogP contribution in [0.25, 0.3) is 22.6 Å². The number of aromatic nitrogens is 1. The molecule has 3 aromatic carbocycles. The SMILES string of the molecule is CCOC(=O)C(C[C@H]1CCOC1c1nc(-c2ccccc2)c(-c2ccccc2)o1)Oc1ccccc1. The average molecular weight is 484 g/mol. The minimum Gasteiger partial charge on any atom is -0.479 e. The van der Waals surface area contributed by atoms with E-state index in [1.165, 1.54) is 0 Å². The second-order valence-electron chi connectivity index (χ2n) is 8.71. The van der Waals surface area contributed by atoms with E-state index in [9.17, 15) is 4.79 Å². The van der Waals surface area contributed by atoms with Crippen molar-refractivity contribution in [1.82, 2.24) is 4.98 Å². The standard InChI is InChI=1S/C30H29NO5/c1-2-33-30(32)25(35-24-16-10-5-11-17-24)20-23-18-19-34-28(23)29-31-26(21-12-6-3-7-13-21)27(36-29)22-14-8-4-9-15-22/h3-17,23,25,28H,2,18-20H2,1H3/t23-,25?,28?/m1/s1. The van der Waals surface area contributed by atoms with Gasteiger partial charge in [0.2, 0.25) is 5.89 Å². The Kier molecular flexibility index (Phi) is 7.43. The molecule has 0 saturated carbocycles. The summed E-state index contributed by atoms with van der Waals surface area (Å²) in [5.74, 6) is 1.44. The zero-order valence-corrected chi connectivity index (χ0v) is 20.2. The van der Waals surface area contributed by atoms with Crippen LogP contribution in [0.1, 0.15) is 31.8 Å². The molecule has 184 valence electrons. The molecule has 0 amide bonds. The van der Waals surface area contributed by atoms with E-state index in [1.807, 2.05) is 91.0 Å². The zero-order chi connectivity index (χ0) is 24.7. The Balaban J connectivity index is 1.44. The van der Waals surface area contributed by atoms with Crippen LogP contribution < -0.4 is 4.74 Å². The summed E-state index contributed by atoms with van der Waals surface area (Å²) in [5.41, 5.74) is 2.69. The molecule has 2 heterocycles. The highest BCUT2D eigenvalue weighted by Gasteiger charge is 2.38. The summed E-state index contributed by atoms with van der Waals surface area (Å²) in [7, 11) is 0. The molecule has 1 aliphatic heterocycles. The zero-order valence-electron chi connectivity index (χ0n) is 20.2. The molecule has 0 bridgehead atoms. The Morgan fingerprint density at radius 3 is 2.25 bits per heavy atom. The topological polar surface area (TPSA) is 70.8 Å². The van der Waals surface area contributed by atoms with Crippen LogP contribution in [0, 0.1) is 5.92 Å². The summed E-state index contributed by atoms with van der Waals surface area (Å²) < 4.78 is 23.9. The fourth-order valence-corrected chi connectivity index (χ4v) is 4.55. The predicted octanol–water partition coefficient (Wildman–Crippen LogP) is 6.49. The van der Waals surface area contributed by atoms with Crippen LogP contribution in [0.2, 0.25) is 0 Å². The first kappa shape index (κ1) is 23.8. The minimum absolute atomic E-state index is 0.0194. The van der Waals surface area contributed by atoms with Crippen LogP contribution in [-0.2, 0) is 14.3 Å². The molecule has 0 spiro atoms. The Bertz CT molecular complexity index is 1200. The number of carbonyl (C=O) groups is 1. The number of hydrogen-bond acceptors (Lipinski definition) is 6. The Morgan fingerprint density at radius 2 is 1.58 bits per heavy atom. The summed E-state index contributed by atoms with van der Waals surface area (Å²) in [6.07, 6.45) is 0.0600. The van der Waals surface area contributed by atoms with Gasteiger partial charge in [-0.2, -0.15) is 0 Å². The van der Waals surface area contributed by atoms with Gasteiger partial charge in [0.15, 0.2) is 11.9 Å². The second kappa shape index (κ2) is 11.2. The molecule has 4 aromatic rings. The molecule has 0 aliphatic carbocycles.